The lowest BCUT2D eigenvalue weighted by atomic mass is 10.2. The molecule has 18 heavy (non-hydrogen) atoms. The van der Waals surface area contributed by atoms with Crippen LogP contribution in [0.4, 0.5) is 0 Å². The van der Waals surface area contributed by atoms with Gasteiger partial charge in [0.1, 0.15) is 6.10 Å². The van der Waals surface area contributed by atoms with Crippen molar-refractivity contribution in [1.82, 2.24) is 0 Å². The molecule has 90 valence electrons. The summed E-state index contributed by atoms with van der Waals surface area (Å²) in [7, 11) is 0. The molecule has 2 aliphatic rings. The Morgan fingerprint density at radius 1 is 1.28 bits per heavy atom. The monoisotopic (exact) mass is 273 g/mol. The highest BCUT2D eigenvalue weighted by atomic mass is 32.4. The molecular formula is C15H14OPS+. The van der Waals surface area contributed by atoms with E-state index in [1.807, 2.05) is 6.07 Å². The molecule has 1 nitrogen and oxygen atoms in total. The van der Waals surface area contributed by atoms with Gasteiger partial charge in [-0.1, -0.05) is 12.1 Å². The van der Waals surface area contributed by atoms with E-state index in [1.165, 1.54) is 21.8 Å². The molecule has 1 heterocycles. The van der Waals surface area contributed by atoms with Gasteiger partial charge in [-0.15, -0.1) is 0 Å². The zero-order valence-corrected chi connectivity index (χ0v) is 12.1. The Labute approximate surface area is 113 Å². The first-order valence-corrected chi connectivity index (χ1v) is 8.32. The minimum absolute atomic E-state index is 0.00519. The lowest BCUT2D eigenvalue weighted by Gasteiger charge is -2.10. The highest BCUT2D eigenvalue weighted by Gasteiger charge is 2.30. The van der Waals surface area contributed by atoms with Crippen LogP contribution in [0.5, 0.6) is 5.75 Å². The second kappa shape index (κ2) is 4.46. The van der Waals surface area contributed by atoms with Crippen LogP contribution in [-0.2, 0) is 11.8 Å². The van der Waals surface area contributed by atoms with Gasteiger partial charge in [-0.25, -0.2) is 0 Å². The number of hydrogen-bond acceptors (Lipinski definition) is 2. The van der Waals surface area contributed by atoms with Crippen LogP contribution in [0.25, 0.3) is 0 Å². The smallest absolute Gasteiger partial charge is 0.254 e. The molecule has 0 fully saturated rings. The van der Waals surface area contributed by atoms with Crippen molar-refractivity contribution < 1.29 is 4.74 Å². The van der Waals surface area contributed by atoms with Gasteiger partial charge < -0.3 is 4.74 Å². The van der Waals surface area contributed by atoms with Gasteiger partial charge in [-0.2, -0.15) is 0 Å². The number of benzene rings is 1. The minimum atomic E-state index is -0.730. The van der Waals surface area contributed by atoms with Crippen LogP contribution in [0.2, 0.25) is 0 Å². The summed E-state index contributed by atoms with van der Waals surface area (Å²) >= 11 is 5.75. The average molecular weight is 273 g/mol. The number of fused-ring (bicyclic) bond motifs is 2. The predicted octanol–water partition coefficient (Wildman–Crippen LogP) is 3.73. The van der Waals surface area contributed by atoms with Crippen LogP contribution >= 0.6 is 6.70 Å². The highest BCUT2D eigenvalue weighted by molar-refractivity contribution is 8.10. The average Bonchev–Trinajstić information content (AvgIpc) is 2.59. The van der Waals surface area contributed by atoms with Crippen LogP contribution in [0, 0.1) is 6.92 Å². The first kappa shape index (κ1) is 11.8. The second-order valence-corrected chi connectivity index (χ2v) is 7.37. The summed E-state index contributed by atoms with van der Waals surface area (Å²) in [5, 5.41) is 2.41. The topological polar surface area (TPSA) is 9.23 Å². The minimum Gasteiger partial charge on any atom is -0.477 e. The Bertz CT molecular complexity index is 625. The Morgan fingerprint density at radius 3 is 2.94 bits per heavy atom. The maximum atomic E-state index is 6.03. The van der Waals surface area contributed by atoms with Crippen LogP contribution in [0.15, 0.2) is 53.4 Å². The summed E-state index contributed by atoms with van der Waals surface area (Å²) in [5.74, 6) is 0.940. The molecule has 3 rings (SSSR count). The predicted molar refractivity (Wildman–Crippen MR) is 80.5 cm³/mol. The van der Waals surface area contributed by atoms with Crippen molar-refractivity contribution in [1.29, 1.82) is 0 Å². The SMILES string of the molecule is CC1=CC2=CC(C=C1)Oc1ccc(C)cc1[P+]2=S. The zero-order chi connectivity index (χ0) is 12.7. The molecule has 0 aromatic heterocycles. The molecule has 0 spiro atoms. The quantitative estimate of drug-likeness (QED) is 0.666. The number of hydrogen-bond donors (Lipinski definition) is 0. The van der Waals surface area contributed by atoms with Crippen molar-refractivity contribution in [3.8, 4) is 5.75 Å². The van der Waals surface area contributed by atoms with E-state index in [0.29, 0.717) is 0 Å². The van der Waals surface area contributed by atoms with Crippen molar-refractivity contribution in [2.24, 2.45) is 0 Å². The zero-order valence-electron chi connectivity index (χ0n) is 10.4. The molecule has 2 bridgehead atoms. The summed E-state index contributed by atoms with van der Waals surface area (Å²) in [6, 6.07) is 6.29. The fraction of sp³-hybridized carbons (Fsp3) is 0.200. The fourth-order valence-electron chi connectivity index (χ4n) is 2.17. The summed E-state index contributed by atoms with van der Waals surface area (Å²) in [6.45, 7) is 3.47. The van der Waals surface area contributed by atoms with Gasteiger partial charge in [0.15, 0.2) is 22.9 Å². The van der Waals surface area contributed by atoms with Crippen LogP contribution in [0.3, 0.4) is 0 Å². The van der Waals surface area contributed by atoms with E-state index in [0.717, 1.165) is 5.75 Å². The fourth-order valence-corrected chi connectivity index (χ4v) is 4.47. The van der Waals surface area contributed by atoms with E-state index in [9.17, 15) is 0 Å². The summed E-state index contributed by atoms with van der Waals surface area (Å²) in [6.07, 6.45) is 8.54. The maximum absolute atomic E-state index is 6.03. The molecule has 1 aliphatic carbocycles. The number of allylic oxidation sites excluding steroid dienone is 4. The molecular weight excluding hydrogens is 259 g/mol. The van der Waals surface area contributed by atoms with Crippen LogP contribution in [-0.4, -0.2) is 6.10 Å². The van der Waals surface area contributed by atoms with Crippen molar-refractivity contribution in [3.63, 3.8) is 0 Å². The molecule has 1 aromatic rings. The summed E-state index contributed by atoms with van der Waals surface area (Å²) < 4.78 is 6.03. The molecule has 0 saturated heterocycles. The lowest BCUT2D eigenvalue weighted by Crippen LogP contribution is -2.12. The molecule has 0 amide bonds. The largest absolute Gasteiger partial charge is 0.477 e. The third kappa shape index (κ3) is 2.07. The van der Waals surface area contributed by atoms with Crippen molar-refractivity contribution in [2.75, 3.05) is 0 Å². The van der Waals surface area contributed by atoms with Gasteiger partial charge in [0.2, 0.25) is 5.30 Å². The third-order valence-electron chi connectivity index (χ3n) is 3.09. The molecule has 1 aromatic carbocycles. The highest BCUT2D eigenvalue weighted by Crippen LogP contribution is 2.41. The molecule has 0 saturated carbocycles. The molecule has 1 aliphatic heterocycles. The van der Waals surface area contributed by atoms with E-state index in [1.54, 1.807) is 0 Å². The van der Waals surface area contributed by atoms with Gasteiger partial charge >= 0.3 is 0 Å². The second-order valence-electron chi connectivity index (χ2n) is 4.69. The third-order valence-corrected chi connectivity index (χ3v) is 5.85. The Balaban J connectivity index is 2.18. The summed E-state index contributed by atoms with van der Waals surface area (Å²) in [4.78, 5) is 0. The van der Waals surface area contributed by atoms with Gasteiger partial charge in [-0.3, -0.25) is 0 Å². The molecule has 2 unspecified atom stereocenters. The number of aryl methyl sites for hydroxylation is 1. The summed E-state index contributed by atoms with van der Waals surface area (Å²) in [5.41, 5.74) is 2.47. The molecule has 0 radical (unpaired) electrons. The lowest BCUT2D eigenvalue weighted by molar-refractivity contribution is 0.299. The van der Waals surface area contributed by atoms with E-state index < -0.39 is 6.70 Å². The van der Waals surface area contributed by atoms with E-state index >= 15 is 0 Å². The Kier molecular flexibility index (Phi) is 2.93. The van der Waals surface area contributed by atoms with Gasteiger partial charge in [0.05, 0.1) is 0 Å². The van der Waals surface area contributed by atoms with Crippen molar-refractivity contribution >= 4 is 23.8 Å². The Morgan fingerprint density at radius 2 is 2.11 bits per heavy atom. The number of ether oxygens (including phenoxy) is 1. The van der Waals surface area contributed by atoms with Crippen LogP contribution < -0.4 is 10.0 Å². The van der Waals surface area contributed by atoms with E-state index in [-0.39, 0.29) is 6.10 Å². The first-order chi connectivity index (χ1) is 8.63. The van der Waals surface area contributed by atoms with E-state index in [4.69, 9.17) is 16.5 Å². The van der Waals surface area contributed by atoms with Crippen molar-refractivity contribution in [2.45, 2.75) is 20.0 Å². The van der Waals surface area contributed by atoms with Crippen LogP contribution in [0.1, 0.15) is 12.5 Å². The van der Waals surface area contributed by atoms with E-state index in [2.05, 4.69) is 50.3 Å². The first-order valence-electron chi connectivity index (χ1n) is 5.96. The molecule has 0 N–H and O–H groups in total. The molecule has 3 heteroatoms. The van der Waals surface area contributed by atoms with Crippen molar-refractivity contribution in [3.05, 3.63) is 59.0 Å². The molecule has 2 atom stereocenters. The standard InChI is InChI=1S/C15H14OPS/c1-10-3-5-12-9-13(7-10)17(18)15-8-11(2)4-6-14(15)16-12/h3-9,12H,1-2H3/q+1. The normalized spacial score (nSPS) is 23.2. The number of rotatable bonds is 0. The van der Waals surface area contributed by atoms with Gasteiger partial charge in [0.25, 0.3) is 6.70 Å². The Hall–Kier alpha value is -1.24. The van der Waals surface area contributed by atoms with Gasteiger partial charge in [-0.05, 0) is 49.3 Å². The van der Waals surface area contributed by atoms with Gasteiger partial charge in [0, 0.05) is 6.08 Å². The maximum Gasteiger partial charge on any atom is 0.254 e.